The van der Waals surface area contributed by atoms with E-state index in [2.05, 4.69) is 31.8 Å². The third-order valence-corrected chi connectivity index (χ3v) is 2.72. The van der Waals surface area contributed by atoms with Crippen LogP contribution >= 0.6 is 0 Å². The van der Waals surface area contributed by atoms with Crippen LogP contribution in [0.15, 0.2) is 24.4 Å². The molecule has 0 N–H and O–H groups in total. The lowest BCUT2D eigenvalue weighted by Crippen LogP contribution is -2.14. The topological polar surface area (TPSA) is 36.7 Å². The molecule has 0 aromatic carbocycles. The van der Waals surface area contributed by atoms with Crippen molar-refractivity contribution in [2.75, 3.05) is 0 Å². The second-order valence-electron chi connectivity index (χ2n) is 3.96. The lowest BCUT2D eigenvalue weighted by atomic mass is 9.84. The summed E-state index contributed by atoms with van der Waals surface area (Å²) in [4.78, 5) is 4.23. The summed E-state index contributed by atoms with van der Waals surface area (Å²) in [7, 11) is 0. The molecule has 1 rings (SSSR count). The summed E-state index contributed by atoms with van der Waals surface area (Å²) in [6.45, 7) is 6.38. The number of rotatable bonds is 3. The molecule has 0 aliphatic rings. The first kappa shape index (κ1) is 10.7. The van der Waals surface area contributed by atoms with Crippen LogP contribution in [0.2, 0.25) is 0 Å². The van der Waals surface area contributed by atoms with E-state index in [1.807, 2.05) is 18.2 Å². The van der Waals surface area contributed by atoms with Crippen molar-refractivity contribution in [2.45, 2.75) is 26.7 Å². The van der Waals surface area contributed by atoms with Gasteiger partial charge in [0.2, 0.25) is 0 Å². The van der Waals surface area contributed by atoms with Crippen LogP contribution in [0, 0.1) is 23.2 Å². The van der Waals surface area contributed by atoms with Crippen molar-refractivity contribution in [1.29, 1.82) is 5.26 Å². The zero-order valence-corrected chi connectivity index (χ0v) is 8.94. The molecule has 2 nitrogen and oxygen atoms in total. The Kier molecular flexibility index (Phi) is 3.64. The van der Waals surface area contributed by atoms with Gasteiger partial charge >= 0.3 is 0 Å². The van der Waals surface area contributed by atoms with Crippen molar-refractivity contribution in [3.63, 3.8) is 0 Å². The highest BCUT2D eigenvalue weighted by Crippen LogP contribution is 2.27. The van der Waals surface area contributed by atoms with E-state index in [-0.39, 0.29) is 5.92 Å². The molecule has 2 unspecified atom stereocenters. The molecule has 0 radical (unpaired) electrons. The van der Waals surface area contributed by atoms with E-state index in [0.29, 0.717) is 11.8 Å². The van der Waals surface area contributed by atoms with Gasteiger partial charge in [-0.25, -0.2) is 0 Å². The SMILES string of the molecule is CC(C)C(C)C(C#N)c1ccccn1. The molecule has 0 aliphatic heterocycles. The van der Waals surface area contributed by atoms with Gasteiger partial charge in [0.25, 0.3) is 0 Å². The summed E-state index contributed by atoms with van der Waals surface area (Å²) < 4.78 is 0. The molecule has 0 saturated carbocycles. The first-order valence-electron chi connectivity index (χ1n) is 4.97. The molecule has 2 atom stereocenters. The van der Waals surface area contributed by atoms with Crippen molar-refractivity contribution in [1.82, 2.24) is 4.98 Å². The monoisotopic (exact) mass is 188 g/mol. The van der Waals surface area contributed by atoms with E-state index in [0.717, 1.165) is 5.69 Å². The number of nitrogens with zero attached hydrogens (tertiary/aromatic N) is 2. The lowest BCUT2D eigenvalue weighted by Gasteiger charge is -2.20. The molecular formula is C12H16N2. The van der Waals surface area contributed by atoms with Crippen molar-refractivity contribution in [3.8, 4) is 6.07 Å². The van der Waals surface area contributed by atoms with Gasteiger partial charge in [0, 0.05) is 6.20 Å². The maximum Gasteiger partial charge on any atom is 0.0912 e. The van der Waals surface area contributed by atoms with E-state index >= 15 is 0 Å². The molecule has 0 amide bonds. The summed E-state index contributed by atoms with van der Waals surface area (Å²) >= 11 is 0. The summed E-state index contributed by atoms with van der Waals surface area (Å²) in [6, 6.07) is 8.06. The quantitative estimate of drug-likeness (QED) is 0.731. The van der Waals surface area contributed by atoms with E-state index in [9.17, 15) is 0 Å². The van der Waals surface area contributed by atoms with Crippen LogP contribution in [0.25, 0.3) is 0 Å². The first-order chi connectivity index (χ1) is 6.66. The van der Waals surface area contributed by atoms with Gasteiger partial charge in [-0.2, -0.15) is 5.26 Å². The van der Waals surface area contributed by atoms with Crippen LogP contribution in [0.1, 0.15) is 32.4 Å². The summed E-state index contributed by atoms with van der Waals surface area (Å²) in [6.07, 6.45) is 1.74. The van der Waals surface area contributed by atoms with Crippen LogP contribution in [0.3, 0.4) is 0 Å². The molecule has 0 aliphatic carbocycles. The van der Waals surface area contributed by atoms with Gasteiger partial charge in [-0.3, -0.25) is 4.98 Å². The van der Waals surface area contributed by atoms with Crippen molar-refractivity contribution < 1.29 is 0 Å². The molecular weight excluding hydrogens is 172 g/mol. The fourth-order valence-electron chi connectivity index (χ4n) is 1.40. The van der Waals surface area contributed by atoms with Crippen molar-refractivity contribution in [2.24, 2.45) is 11.8 Å². The van der Waals surface area contributed by atoms with Crippen LogP contribution in [0.5, 0.6) is 0 Å². The third-order valence-electron chi connectivity index (χ3n) is 2.72. The highest BCUT2D eigenvalue weighted by molar-refractivity contribution is 5.17. The largest absolute Gasteiger partial charge is 0.260 e. The molecule has 0 bridgehead atoms. The zero-order chi connectivity index (χ0) is 10.6. The van der Waals surface area contributed by atoms with Gasteiger partial charge in [0.05, 0.1) is 17.7 Å². The second kappa shape index (κ2) is 4.76. The molecule has 14 heavy (non-hydrogen) atoms. The van der Waals surface area contributed by atoms with Gasteiger partial charge < -0.3 is 0 Å². The Labute approximate surface area is 85.6 Å². The smallest absolute Gasteiger partial charge is 0.0912 e. The molecule has 74 valence electrons. The Morgan fingerprint density at radius 2 is 2.00 bits per heavy atom. The molecule has 0 fully saturated rings. The standard InChI is InChI=1S/C12H16N2/c1-9(2)10(3)11(8-13)12-6-4-5-7-14-12/h4-7,9-11H,1-3H3. The van der Waals surface area contributed by atoms with Crippen molar-refractivity contribution in [3.05, 3.63) is 30.1 Å². The molecule has 0 spiro atoms. The molecule has 1 aromatic rings. The van der Waals surface area contributed by atoms with Gasteiger partial charge in [-0.1, -0.05) is 26.8 Å². The lowest BCUT2D eigenvalue weighted by molar-refractivity contribution is 0.384. The highest BCUT2D eigenvalue weighted by atomic mass is 14.7. The summed E-state index contributed by atoms with van der Waals surface area (Å²) in [5.74, 6) is 0.757. The van der Waals surface area contributed by atoms with Crippen LogP contribution in [0.4, 0.5) is 0 Å². The van der Waals surface area contributed by atoms with Crippen LogP contribution in [-0.2, 0) is 0 Å². The third kappa shape index (κ3) is 2.32. The van der Waals surface area contributed by atoms with E-state index < -0.39 is 0 Å². The van der Waals surface area contributed by atoms with E-state index in [4.69, 9.17) is 5.26 Å². The first-order valence-corrected chi connectivity index (χ1v) is 4.97. The molecule has 1 aromatic heterocycles. The minimum atomic E-state index is -0.0869. The maximum absolute atomic E-state index is 9.11. The second-order valence-corrected chi connectivity index (χ2v) is 3.96. The van der Waals surface area contributed by atoms with Gasteiger partial charge in [-0.15, -0.1) is 0 Å². The van der Waals surface area contributed by atoms with Gasteiger partial charge in [-0.05, 0) is 24.0 Å². The Morgan fingerprint density at radius 1 is 1.29 bits per heavy atom. The minimum absolute atomic E-state index is 0.0869. The minimum Gasteiger partial charge on any atom is -0.260 e. The number of pyridine rings is 1. The average Bonchev–Trinajstić information content (AvgIpc) is 2.20. The fraction of sp³-hybridized carbons (Fsp3) is 0.500. The number of hydrogen-bond donors (Lipinski definition) is 0. The Balaban J connectivity index is 2.89. The van der Waals surface area contributed by atoms with Crippen molar-refractivity contribution >= 4 is 0 Å². The number of aromatic nitrogens is 1. The molecule has 1 heterocycles. The van der Waals surface area contributed by atoms with E-state index in [1.54, 1.807) is 6.20 Å². The highest BCUT2D eigenvalue weighted by Gasteiger charge is 2.22. The number of nitriles is 1. The van der Waals surface area contributed by atoms with Crippen LogP contribution < -0.4 is 0 Å². The maximum atomic E-state index is 9.11. The number of hydrogen-bond acceptors (Lipinski definition) is 2. The predicted octanol–water partition coefficient (Wildman–Crippen LogP) is 2.98. The van der Waals surface area contributed by atoms with Gasteiger partial charge in [0.15, 0.2) is 0 Å². The normalized spacial score (nSPS) is 14.8. The summed E-state index contributed by atoms with van der Waals surface area (Å²) in [5.41, 5.74) is 0.885. The Morgan fingerprint density at radius 3 is 2.43 bits per heavy atom. The van der Waals surface area contributed by atoms with E-state index in [1.165, 1.54) is 0 Å². The molecule has 2 heteroatoms. The summed E-state index contributed by atoms with van der Waals surface area (Å²) in [5, 5.41) is 9.11. The average molecular weight is 188 g/mol. The Hall–Kier alpha value is -1.36. The fourth-order valence-corrected chi connectivity index (χ4v) is 1.40. The molecule has 0 saturated heterocycles. The van der Waals surface area contributed by atoms with Gasteiger partial charge in [0.1, 0.15) is 0 Å². The Bertz CT molecular complexity index is 311. The van der Waals surface area contributed by atoms with Crippen LogP contribution in [-0.4, -0.2) is 4.98 Å². The predicted molar refractivity (Wildman–Crippen MR) is 56.6 cm³/mol. The zero-order valence-electron chi connectivity index (χ0n) is 8.94.